The van der Waals surface area contributed by atoms with Crippen molar-refractivity contribution in [2.24, 2.45) is 0 Å². The Morgan fingerprint density at radius 2 is 1.90 bits per heavy atom. The van der Waals surface area contributed by atoms with Gasteiger partial charge < -0.3 is 20.3 Å². The molecular formula is C14H26N6O. The first kappa shape index (κ1) is 15.8. The van der Waals surface area contributed by atoms with Crippen LogP contribution in [0.1, 0.15) is 33.6 Å². The molecule has 0 aromatic carbocycles. The van der Waals surface area contributed by atoms with Crippen molar-refractivity contribution in [3.63, 3.8) is 0 Å². The van der Waals surface area contributed by atoms with Gasteiger partial charge in [-0.05, 0) is 33.6 Å². The van der Waals surface area contributed by atoms with Crippen molar-refractivity contribution in [3.05, 3.63) is 0 Å². The van der Waals surface area contributed by atoms with Crippen LogP contribution in [0.3, 0.4) is 0 Å². The summed E-state index contributed by atoms with van der Waals surface area (Å²) in [5, 5.41) is 6.54. The van der Waals surface area contributed by atoms with Crippen LogP contribution in [-0.2, 0) is 4.74 Å². The van der Waals surface area contributed by atoms with Crippen molar-refractivity contribution in [1.82, 2.24) is 15.0 Å². The van der Waals surface area contributed by atoms with Gasteiger partial charge in [0.05, 0.1) is 12.6 Å². The summed E-state index contributed by atoms with van der Waals surface area (Å²) in [6, 6.07) is 0.278. The lowest BCUT2D eigenvalue weighted by Crippen LogP contribution is -2.32. The second kappa shape index (κ2) is 7.97. The number of ether oxygens (including phenoxy) is 1. The summed E-state index contributed by atoms with van der Waals surface area (Å²) in [5.74, 6) is 1.96. The van der Waals surface area contributed by atoms with Gasteiger partial charge >= 0.3 is 0 Å². The van der Waals surface area contributed by atoms with E-state index >= 15 is 0 Å². The molecule has 1 saturated heterocycles. The Kier molecular flexibility index (Phi) is 5.98. The van der Waals surface area contributed by atoms with E-state index in [0.717, 1.165) is 39.1 Å². The zero-order valence-electron chi connectivity index (χ0n) is 13.2. The van der Waals surface area contributed by atoms with E-state index in [1.54, 1.807) is 0 Å². The Morgan fingerprint density at radius 1 is 1.14 bits per heavy atom. The summed E-state index contributed by atoms with van der Waals surface area (Å²) < 4.78 is 5.49. The fourth-order valence-corrected chi connectivity index (χ4v) is 2.35. The van der Waals surface area contributed by atoms with E-state index in [2.05, 4.69) is 44.3 Å². The Hall–Kier alpha value is -1.63. The first-order valence-corrected chi connectivity index (χ1v) is 7.86. The average molecular weight is 294 g/mol. The van der Waals surface area contributed by atoms with Gasteiger partial charge in [0.2, 0.25) is 17.8 Å². The quantitative estimate of drug-likeness (QED) is 0.793. The minimum Gasteiger partial charge on any atom is -0.379 e. The Labute approximate surface area is 126 Å². The third-order valence-electron chi connectivity index (χ3n) is 3.50. The fraction of sp³-hybridized carbons (Fsp3) is 0.786. The Bertz CT molecular complexity index is 431. The van der Waals surface area contributed by atoms with Gasteiger partial charge in [0, 0.05) is 26.2 Å². The van der Waals surface area contributed by atoms with Crippen molar-refractivity contribution in [1.29, 1.82) is 0 Å². The molecule has 0 bridgehead atoms. The van der Waals surface area contributed by atoms with Crippen LogP contribution in [-0.4, -0.2) is 53.8 Å². The van der Waals surface area contributed by atoms with Gasteiger partial charge in [0.25, 0.3) is 0 Å². The molecule has 2 rings (SSSR count). The third-order valence-corrected chi connectivity index (χ3v) is 3.50. The number of rotatable bonds is 7. The molecule has 1 aliphatic heterocycles. The number of anilines is 3. The molecular weight excluding hydrogens is 268 g/mol. The van der Waals surface area contributed by atoms with E-state index in [0.29, 0.717) is 24.5 Å². The molecule has 0 amide bonds. The SMILES string of the molecule is CCNc1nc(NC2CCCOC2)nc(N(CC)CC)n1. The molecule has 2 heterocycles. The first-order valence-electron chi connectivity index (χ1n) is 7.86. The molecule has 0 aliphatic carbocycles. The first-order chi connectivity index (χ1) is 10.3. The highest BCUT2D eigenvalue weighted by Gasteiger charge is 2.17. The van der Waals surface area contributed by atoms with Crippen LogP contribution >= 0.6 is 0 Å². The maximum Gasteiger partial charge on any atom is 0.231 e. The summed E-state index contributed by atoms with van der Waals surface area (Å²) in [5.41, 5.74) is 0. The lowest BCUT2D eigenvalue weighted by molar-refractivity contribution is 0.0874. The van der Waals surface area contributed by atoms with Crippen LogP contribution in [0, 0.1) is 0 Å². The molecule has 1 atom stereocenters. The van der Waals surface area contributed by atoms with Crippen LogP contribution in [0.25, 0.3) is 0 Å². The molecule has 7 nitrogen and oxygen atoms in total. The van der Waals surface area contributed by atoms with Crippen LogP contribution in [0.15, 0.2) is 0 Å². The van der Waals surface area contributed by atoms with Crippen molar-refractivity contribution in [3.8, 4) is 0 Å². The zero-order valence-corrected chi connectivity index (χ0v) is 13.2. The standard InChI is InChI=1S/C14H26N6O/c1-4-15-12-17-13(16-11-8-7-9-21-10-11)19-14(18-12)20(5-2)6-3/h11H,4-10H2,1-3H3,(H2,15,16,17,18,19). The molecule has 0 radical (unpaired) electrons. The molecule has 0 saturated carbocycles. The van der Waals surface area contributed by atoms with Crippen molar-refractivity contribution >= 4 is 17.8 Å². The maximum absolute atomic E-state index is 5.49. The maximum atomic E-state index is 5.49. The molecule has 1 unspecified atom stereocenters. The highest BCUT2D eigenvalue weighted by Crippen LogP contribution is 2.16. The normalized spacial score (nSPS) is 18.3. The van der Waals surface area contributed by atoms with Gasteiger partial charge in [-0.2, -0.15) is 15.0 Å². The second-order valence-corrected chi connectivity index (χ2v) is 5.04. The van der Waals surface area contributed by atoms with Gasteiger partial charge in [-0.3, -0.25) is 0 Å². The van der Waals surface area contributed by atoms with Crippen molar-refractivity contribution in [2.75, 3.05) is 48.4 Å². The summed E-state index contributed by atoms with van der Waals surface area (Å²) in [7, 11) is 0. The van der Waals surface area contributed by atoms with E-state index in [1.807, 2.05) is 6.92 Å². The predicted octanol–water partition coefficient (Wildman–Crippen LogP) is 1.74. The third kappa shape index (κ3) is 4.42. The lowest BCUT2D eigenvalue weighted by atomic mass is 10.1. The molecule has 1 fully saturated rings. The van der Waals surface area contributed by atoms with Crippen LogP contribution in [0.5, 0.6) is 0 Å². The van der Waals surface area contributed by atoms with E-state index in [4.69, 9.17) is 4.74 Å². The molecule has 21 heavy (non-hydrogen) atoms. The highest BCUT2D eigenvalue weighted by atomic mass is 16.5. The average Bonchev–Trinajstić information content (AvgIpc) is 2.50. The van der Waals surface area contributed by atoms with Gasteiger partial charge in [-0.25, -0.2) is 0 Å². The zero-order chi connectivity index (χ0) is 15.1. The minimum atomic E-state index is 0.278. The number of nitrogens with zero attached hydrogens (tertiary/aromatic N) is 4. The Balaban J connectivity index is 2.17. The molecule has 0 spiro atoms. The molecule has 1 aliphatic rings. The highest BCUT2D eigenvalue weighted by molar-refractivity contribution is 5.44. The largest absolute Gasteiger partial charge is 0.379 e. The van der Waals surface area contributed by atoms with Crippen molar-refractivity contribution < 1.29 is 4.74 Å². The van der Waals surface area contributed by atoms with Gasteiger partial charge in [-0.1, -0.05) is 0 Å². The summed E-state index contributed by atoms with van der Waals surface area (Å²) >= 11 is 0. The van der Waals surface area contributed by atoms with Crippen LogP contribution < -0.4 is 15.5 Å². The number of aromatic nitrogens is 3. The van der Waals surface area contributed by atoms with E-state index in [-0.39, 0.29) is 6.04 Å². The number of nitrogens with one attached hydrogen (secondary N) is 2. The summed E-state index contributed by atoms with van der Waals surface area (Å²) in [6.45, 7) is 10.3. The smallest absolute Gasteiger partial charge is 0.231 e. The monoisotopic (exact) mass is 294 g/mol. The van der Waals surface area contributed by atoms with Gasteiger partial charge in [0.15, 0.2) is 0 Å². The molecule has 7 heteroatoms. The molecule has 1 aromatic heterocycles. The molecule has 2 N–H and O–H groups in total. The lowest BCUT2D eigenvalue weighted by Gasteiger charge is -2.24. The summed E-state index contributed by atoms with van der Waals surface area (Å²) in [6.07, 6.45) is 2.16. The van der Waals surface area contributed by atoms with Gasteiger partial charge in [-0.15, -0.1) is 0 Å². The Morgan fingerprint density at radius 3 is 2.52 bits per heavy atom. The molecule has 118 valence electrons. The number of hydrogen-bond acceptors (Lipinski definition) is 7. The van der Waals surface area contributed by atoms with Gasteiger partial charge in [0.1, 0.15) is 0 Å². The molecule has 1 aromatic rings. The van der Waals surface area contributed by atoms with E-state index < -0.39 is 0 Å². The van der Waals surface area contributed by atoms with E-state index in [9.17, 15) is 0 Å². The van der Waals surface area contributed by atoms with Crippen molar-refractivity contribution in [2.45, 2.75) is 39.7 Å². The summed E-state index contributed by atoms with van der Waals surface area (Å²) in [4.78, 5) is 15.6. The second-order valence-electron chi connectivity index (χ2n) is 5.04. The van der Waals surface area contributed by atoms with Crippen LogP contribution in [0.4, 0.5) is 17.8 Å². The number of hydrogen-bond donors (Lipinski definition) is 2. The van der Waals surface area contributed by atoms with E-state index in [1.165, 1.54) is 0 Å². The van der Waals surface area contributed by atoms with Crippen LogP contribution in [0.2, 0.25) is 0 Å². The fourth-order valence-electron chi connectivity index (χ4n) is 2.35. The predicted molar refractivity (Wildman–Crippen MR) is 85.0 cm³/mol. The minimum absolute atomic E-state index is 0.278. The topological polar surface area (TPSA) is 75.2 Å².